The van der Waals surface area contributed by atoms with Gasteiger partial charge in [0.05, 0.1) is 16.4 Å². The number of thiophene rings is 1. The van der Waals surface area contributed by atoms with Gasteiger partial charge in [0, 0.05) is 32.2 Å². The monoisotopic (exact) mass is 320 g/mol. The Kier molecular flexibility index (Phi) is 5.26. The van der Waals surface area contributed by atoms with Crippen molar-refractivity contribution in [3.63, 3.8) is 0 Å². The fourth-order valence-corrected chi connectivity index (χ4v) is 3.76. The maximum Gasteiger partial charge on any atom is 0.179 e. The summed E-state index contributed by atoms with van der Waals surface area (Å²) in [5, 5.41) is 0. The van der Waals surface area contributed by atoms with Crippen LogP contribution in [-0.4, -0.2) is 54.3 Å². The summed E-state index contributed by atoms with van der Waals surface area (Å²) in [4.78, 5) is 16.8. The Morgan fingerprint density at radius 3 is 2.42 bits per heavy atom. The lowest BCUT2D eigenvalue weighted by Gasteiger charge is -2.36. The van der Waals surface area contributed by atoms with Crippen LogP contribution in [0, 0.1) is 0 Å². The average molecular weight is 321 g/mol. The van der Waals surface area contributed by atoms with Gasteiger partial charge < -0.3 is 0 Å². The van der Waals surface area contributed by atoms with Gasteiger partial charge in [-0.2, -0.15) is 0 Å². The number of nitrogens with zero attached hydrogens (tertiary/aromatic N) is 2. The summed E-state index contributed by atoms with van der Waals surface area (Å²) in [7, 11) is 0. The van der Waals surface area contributed by atoms with Crippen molar-refractivity contribution < 1.29 is 4.79 Å². The first kappa shape index (κ1) is 15.3. The highest BCUT2D eigenvalue weighted by Crippen LogP contribution is 2.31. The molecule has 2 rings (SSSR count). The van der Waals surface area contributed by atoms with Crippen LogP contribution in [-0.2, 0) is 0 Å². The van der Waals surface area contributed by atoms with Crippen molar-refractivity contribution in [1.82, 2.24) is 9.80 Å². The van der Waals surface area contributed by atoms with Crippen molar-refractivity contribution in [2.45, 2.75) is 19.9 Å². The Morgan fingerprint density at radius 1 is 1.32 bits per heavy atom. The van der Waals surface area contributed by atoms with Gasteiger partial charge in [0.15, 0.2) is 5.78 Å². The van der Waals surface area contributed by atoms with Crippen molar-refractivity contribution in [3.8, 4) is 0 Å². The van der Waals surface area contributed by atoms with Crippen molar-refractivity contribution in [1.29, 1.82) is 0 Å². The SMILES string of the molecule is CC(C)N1CCN(CC(=O)c2cc(Cl)sc2Cl)CC1. The minimum Gasteiger partial charge on any atom is -0.298 e. The molecule has 19 heavy (non-hydrogen) atoms. The molecule has 0 aliphatic carbocycles. The molecule has 0 atom stereocenters. The lowest BCUT2D eigenvalue weighted by molar-refractivity contribution is 0.0807. The summed E-state index contributed by atoms with van der Waals surface area (Å²) in [6.07, 6.45) is 0. The highest BCUT2D eigenvalue weighted by molar-refractivity contribution is 7.20. The quantitative estimate of drug-likeness (QED) is 0.795. The highest BCUT2D eigenvalue weighted by Gasteiger charge is 2.22. The molecular weight excluding hydrogens is 303 g/mol. The van der Waals surface area contributed by atoms with Crippen LogP contribution in [0.1, 0.15) is 24.2 Å². The van der Waals surface area contributed by atoms with E-state index in [2.05, 4.69) is 23.6 Å². The van der Waals surface area contributed by atoms with E-state index in [0.717, 1.165) is 26.2 Å². The number of halogens is 2. The van der Waals surface area contributed by atoms with Gasteiger partial charge in [0.1, 0.15) is 4.34 Å². The zero-order valence-electron chi connectivity index (χ0n) is 11.2. The summed E-state index contributed by atoms with van der Waals surface area (Å²) in [5.74, 6) is 0.0612. The zero-order valence-corrected chi connectivity index (χ0v) is 13.5. The Morgan fingerprint density at radius 2 is 1.95 bits per heavy atom. The second-order valence-electron chi connectivity index (χ2n) is 5.07. The third-order valence-corrected chi connectivity index (χ3v) is 4.95. The van der Waals surface area contributed by atoms with Gasteiger partial charge in [-0.3, -0.25) is 14.6 Å². The maximum atomic E-state index is 12.2. The molecule has 0 amide bonds. The smallest absolute Gasteiger partial charge is 0.179 e. The molecule has 3 nitrogen and oxygen atoms in total. The van der Waals surface area contributed by atoms with Gasteiger partial charge in [-0.1, -0.05) is 23.2 Å². The first-order valence-electron chi connectivity index (χ1n) is 6.42. The van der Waals surface area contributed by atoms with Crippen molar-refractivity contribution in [2.75, 3.05) is 32.7 Å². The molecule has 0 unspecified atom stereocenters. The summed E-state index contributed by atoms with van der Waals surface area (Å²) >= 11 is 13.1. The molecule has 1 aromatic rings. The molecule has 1 fully saturated rings. The Hall–Kier alpha value is -0.130. The number of ketones is 1. The summed E-state index contributed by atoms with van der Waals surface area (Å²) in [5.41, 5.74) is 0.558. The minimum absolute atomic E-state index is 0.0612. The van der Waals surface area contributed by atoms with E-state index in [1.165, 1.54) is 11.3 Å². The van der Waals surface area contributed by atoms with Crippen molar-refractivity contribution >= 4 is 40.3 Å². The molecule has 0 bridgehead atoms. The van der Waals surface area contributed by atoms with Crippen LogP contribution < -0.4 is 0 Å². The van der Waals surface area contributed by atoms with E-state index in [1.807, 2.05) is 0 Å². The van der Waals surface area contributed by atoms with Crippen molar-refractivity contribution in [2.24, 2.45) is 0 Å². The van der Waals surface area contributed by atoms with Crippen LogP contribution in [0.2, 0.25) is 8.67 Å². The van der Waals surface area contributed by atoms with Gasteiger partial charge in [-0.05, 0) is 19.9 Å². The van der Waals surface area contributed by atoms with E-state index in [-0.39, 0.29) is 5.78 Å². The number of hydrogen-bond acceptors (Lipinski definition) is 4. The number of carbonyl (C=O) groups is 1. The molecule has 0 spiro atoms. The number of carbonyl (C=O) groups excluding carboxylic acids is 1. The van der Waals surface area contributed by atoms with Crippen LogP contribution in [0.3, 0.4) is 0 Å². The van der Waals surface area contributed by atoms with E-state index in [9.17, 15) is 4.79 Å². The molecule has 0 radical (unpaired) electrons. The summed E-state index contributed by atoms with van der Waals surface area (Å²) in [6.45, 7) is 8.73. The molecule has 0 N–H and O–H groups in total. The van der Waals surface area contributed by atoms with Gasteiger partial charge >= 0.3 is 0 Å². The largest absolute Gasteiger partial charge is 0.298 e. The predicted molar refractivity (Wildman–Crippen MR) is 81.8 cm³/mol. The van der Waals surface area contributed by atoms with E-state index < -0.39 is 0 Å². The van der Waals surface area contributed by atoms with Crippen LogP contribution in [0.15, 0.2) is 6.07 Å². The molecule has 6 heteroatoms. The number of Topliss-reactive ketones (excluding diaryl/α,β-unsaturated/α-hetero) is 1. The van der Waals surface area contributed by atoms with Gasteiger partial charge in [-0.15, -0.1) is 11.3 Å². The Balaban J connectivity index is 1.89. The third-order valence-electron chi connectivity index (χ3n) is 3.46. The van der Waals surface area contributed by atoms with Crippen LogP contribution in [0.4, 0.5) is 0 Å². The van der Waals surface area contributed by atoms with E-state index in [4.69, 9.17) is 23.2 Å². The molecule has 1 aliphatic heterocycles. The van der Waals surface area contributed by atoms with Gasteiger partial charge in [-0.25, -0.2) is 0 Å². The van der Waals surface area contributed by atoms with E-state index in [0.29, 0.717) is 26.8 Å². The molecule has 1 saturated heterocycles. The van der Waals surface area contributed by atoms with Gasteiger partial charge in [0.2, 0.25) is 0 Å². The zero-order chi connectivity index (χ0) is 14.0. The van der Waals surface area contributed by atoms with Crippen molar-refractivity contribution in [3.05, 3.63) is 20.3 Å². The molecule has 2 heterocycles. The second kappa shape index (κ2) is 6.55. The third kappa shape index (κ3) is 3.92. The minimum atomic E-state index is 0.0612. The average Bonchev–Trinajstić information content (AvgIpc) is 2.69. The second-order valence-corrected chi connectivity index (χ2v) is 7.35. The number of piperazine rings is 1. The molecule has 0 aromatic carbocycles. The van der Waals surface area contributed by atoms with Gasteiger partial charge in [0.25, 0.3) is 0 Å². The lowest BCUT2D eigenvalue weighted by atomic mass is 10.2. The normalized spacial score (nSPS) is 18.2. The Labute approximate surface area is 128 Å². The van der Waals surface area contributed by atoms with Crippen LogP contribution in [0.5, 0.6) is 0 Å². The number of hydrogen-bond donors (Lipinski definition) is 0. The molecular formula is C13H18Cl2N2OS. The molecule has 1 aromatic heterocycles. The summed E-state index contributed by atoms with van der Waals surface area (Å²) < 4.78 is 1.06. The highest BCUT2D eigenvalue weighted by atomic mass is 35.5. The predicted octanol–water partition coefficient (Wildman–Crippen LogP) is 3.26. The Bertz CT molecular complexity index is 453. The topological polar surface area (TPSA) is 23.6 Å². The standard InChI is InChI=1S/C13H18Cl2N2OS/c1-9(2)17-5-3-16(4-6-17)8-11(18)10-7-12(14)19-13(10)15/h7,9H,3-6,8H2,1-2H3. The first-order valence-corrected chi connectivity index (χ1v) is 7.99. The molecule has 1 aliphatic rings. The fourth-order valence-electron chi connectivity index (χ4n) is 2.26. The first-order chi connectivity index (χ1) is 8.97. The van der Waals surface area contributed by atoms with E-state index >= 15 is 0 Å². The fraction of sp³-hybridized carbons (Fsp3) is 0.615. The lowest BCUT2D eigenvalue weighted by Crippen LogP contribution is -2.50. The number of rotatable bonds is 4. The maximum absolute atomic E-state index is 12.2. The molecule has 0 saturated carbocycles. The molecule has 106 valence electrons. The van der Waals surface area contributed by atoms with Crippen LogP contribution >= 0.6 is 34.5 Å². The summed E-state index contributed by atoms with van der Waals surface area (Å²) in [6, 6.07) is 2.24. The van der Waals surface area contributed by atoms with E-state index in [1.54, 1.807) is 6.07 Å². The van der Waals surface area contributed by atoms with Crippen LogP contribution in [0.25, 0.3) is 0 Å².